The van der Waals surface area contributed by atoms with Crippen molar-refractivity contribution in [3.05, 3.63) is 0 Å². The molecular weight excluding hydrogens is 227 g/mol. The first-order chi connectivity index (χ1) is 6.09. The van der Waals surface area contributed by atoms with Gasteiger partial charge >= 0.3 is 88.3 Å². The third-order valence-electron chi connectivity index (χ3n) is 3.04. The van der Waals surface area contributed by atoms with Gasteiger partial charge in [0.2, 0.25) is 0 Å². The quantitative estimate of drug-likeness (QED) is 0.770. The van der Waals surface area contributed by atoms with Crippen molar-refractivity contribution in [2.24, 2.45) is 11.8 Å². The molecule has 2 unspecified atom stereocenters. The second-order valence-corrected chi connectivity index (χ2v) is 5.99. The van der Waals surface area contributed by atoms with Crippen LogP contribution < -0.4 is 0 Å². The van der Waals surface area contributed by atoms with Crippen molar-refractivity contribution in [1.82, 2.24) is 0 Å². The topological polar surface area (TPSA) is 37.3 Å². The van der Waals surface area contributed by atoms with Gasteiger partial charge in [0.15, 0.2) is 0 Å². The molecule has 0 bridgehead atoms. The van der Waals surface area contributed by atoms with Crippen molar-refractivity contribution in [3.63, 3.8) is 0 Å². The standard InChI is InChI=1S/C10H19AsO2/c1-7-2-4-8(5-3-7)6-9(11)10(12)13/h7-9H,2-6,11H2,1H3,(H,12,13). The Balaban J connectivity index is 2.26. The molecule has 1 N–H and O–H groups in total. The van der Waals surface area contributed by atoms with Crippen LogP contribution in [0, 0.1) is 11.8 Å². The first-order valence-corrected chi connectivity index (χ1v) is 6.48. The molecule has 0 amide bonds. The van der Waals surface area contributed by atoms with Gasteiger partial charge in [0.05, 0.1) is 0 Å². The molecule has 2 atom stereocenters. The van der Waals surface area contributed by atoms with E-state index in [2.05, 4.69) is 6.92 Å². The van der Waals surface area contributed by atoms with Crippen molar-refractivity contribution in [2.75, 3.05) is 0 Å². The molecule has 13 heavy (non-hydrogen) atoms. The fourth-order valence-corrected chi connectivity index (χ4v) is 2.83. The molecule has 1 aliphatic rings. The van der Waals surface area contributed by atoms with Gasteiger partial charge in [-0.1, -0.05) is 0 Å². The van der Waals surface area contributed by atoms with Gasteiger partial charge in [0.25, 0.3) is 0 Å². The molecular formula is C10H19AsO2. The summed E-state index contributed by atoms with van der Waals surface area (Å²) in [6.45, 7) is 2.29. The van der Waals surface area contributed by atoms with E-state index in [0.717, 1.165) is 12.3 Å². The molecule has 2 nitrogen and oxygen atoms in total. The second kappa shape index (κ2) is 5.05. The first kappa shape index (κ1) is 11.1. The molecule has 0 aromatic carbocycles. The molecule has 0 aromatic rings. The number of carboxylic acid groups (broad SMARTS) is 1. The van der Waals surface area contributed by atoms with E-state index in [1.165, 1.54) is 42.5 Å². The van der Waals surface area contributed by atoms with Crippen LogP contribution in [-0.4, -0.2) is 27.9 Å². The predicted molar refractivity (Wildman–Crippen MR) is 55.7 cm³/mol. The molecule has 0 heterocycles. The van der Waals surface area contributed by atoms with E-state index in [1.54, 1.807) is 0 Å². The average molecular weight is 246 g/mol. The van der Waals surface area contributed by atoms with E-state index in [4.69, 9.17) is 5.11 Å². The molecule has 1 rings (SSSR count). The SMILES string of the molecule is CC1CCC(CC([AsH2])C(=O)O)CC1. The van der Waals surface area contributed by atoms with Crippen LogP contribution in [0.1, 0.15) is 39.0 Å². The summed E-state index contributed by atoms with van der Waals surface area (Å²) in [5.41, 5.74) is 0. The summed E-state index contributed by atoms with van der Waals surface area (Å²) in [4.78, 5) is 10.7. The Bertz CT molecular complexity index is 174. The second-order valence-electron chi connectivity index (χ2n) is 4.31. The van der Waals surface area contributed by atoms with E-state index in [0.29, 0.717) is 5.92 Å². The zero-order valence-electron chi connectivity index (χ0n) is 8.20. The number of carbonyl (C=O) groups is 1. The number of aliphatic carboxylic acids is 1. The molecule has 0 saturated heterocycles. The van der Waals surface area contributed by atoms with Gasteiger partial charge in [0, 0.05) is 0 Å². The molecule has 0 spiro atoms. The van der Waals surface area contributed by atoms with Gasteiger partial charge in [-0.3, -0.25) is 0 Å². The number of rotatable bonds is 3. The summed E-state index contributed by atoms with van der Waals surface area (Å²) in [6, 6.07) is 0. The molecule has 1 fully saturated rings. The normalized spacial score (nSPS) is 31.2. The van der Waals surface area contributed by atoms with Gasteiger partial charge in [0.1, 0.15) is 0 Å². The predicted octanol–water partition coefficient (Wildman–Crippen LogP) is 1.71. The summed E-state index contributed by atoms with van der Waals surface area (Å²) in [6.07, 6.45) is 5.99. The summed E-state index contributed by atoms with van der Waals surface area (Å²) in [7, 11) is 0. The maximum atomic E-state index is 10.7. The van der Waals surface area contributed by atoms with Crippen molar-refractivity contribution in [3.8, 4) is 0 Å². The fourth-order valence-electron chi connectivity index (χ4n) is 2.02. The van der Waals surface area contributed by atoms with Gasteiger partial charge < -0.3 is 0 Å². The molecule has 76 valence electrons. The van der Waals surface area contributed by atoms with E-state index in [9.17, 15) is 4.79 Å². The first-order valence-electron chi connectivity index (χ1n) is 5.08. The molecule has 0 radical (unpaired) electrons. The van der Waals surface area contributed by atoms with Crippen molar-refractivity contribution < 1.29 is 9.90 Å². The van der Waals surface area contributed by atoms with E-state index >= 15 is 0 Å². The Morgan fingerprint density at radius 1 is 1.46 bits per heavy atom. The molecule has 3 heteroatoms. The van der Waals surface area contributed by atoms with E-state index < -0.39 is 5.97 Å². The monoisotopic (exact) mass is 246 g/mol. The average Bonchev–Trinajstić information content (AvgIpc) is 2.08. The van der Waals surface area contributed by atoms with Gasteiger partial charge in [-0.15, -0.1) is 0 Å². The fraction of sp³-hybridized carbons (Fsp3) is 0.900. The number of hydrogen-bond acceptors (Lipinski definition) is 1. The Kier molecular flexibility index (Phi) is 4.31. The Hall–Kier alpha value is 0.0284. The number of hydrogen-bond donors (Lipinski definition) is 1. The van der Waals surface area contributed by atoms with Crippen LogP contribution in [0.4, 0.5) is 0 Å². The summed E-state index contributed by atoms with van der Waals surface area (Å²) in [5, 5.41) is 8.78. The van der Waals surface area contributed by atoms with Crippen molar-refractivity contribution >= 4 is 22.8 Å². The summed E-state index contributed by atoms with van der Waals surface area (Å²) in [5.74, 6) is 0.935. The minimum atomic E-state index is -0.612. The zero-order chi connectivity index (χ0) is 9.84. The van der Waals surface area contributed by atoms with E-state index in [-0.39, 0.29) is 4.71 Å². The molecule has 0 aromatic heterocycles. The maximum absolute atomic E-state index is 10.7. The van der Waals surface area contributed by atoms with Crippen molar-refractivity contribution in [1.29, 1.82) is 0 Å². The minimum absolute atomic E-state index is 0.0918. The van der Waals surface area contributed by atoms with Gasteiger partial charge in [-0.25, -0.2) is 0 Å². The van der Waals surface area contributed by atoms with Crippen molar-refractivity contribution in [2.45, 2.75) is 43.7 Å². The van der Waals surface area contributed by atoms with Crippen LogP contribution in [0.15, 0.2) is 0 Å². The zero-order valence-corrected chi connectivity index (χ0v) is 10.6. The van der Waals surface area contributed by atoms with Crippen LogP contribution in [0.5, 0.6) is 0 Å². The van der Waals surface area contributed by atoms with Crippen LogP contribution in [0.2, 0.25) is 4.71 Å². The van der Waals surface area contributed by atoms with E-state index in [1.807, 2.05) is 0 Å². The van der Waals surface area contributed by atoms with Crippen LogP contribution in [0.25, 0.3) is 0 Å². The Labute approximate surface area is 88.6 Å². The number of carboxylic acids is 1. The third kappa shape index (κ3) is 3.72. The van der Waals surface area contributed by atoms with Gasteiger partial charge in [-0.2, -0.15) is 0 Å². The van der Waals surface area contributed by atoms with Gasteiger partial charge in [-0.05, 0) is 0 Å². The molecule has 0 aliphatic heterocycles. The van der Waals surface area contributed by atoms with Crippen LogP contribution in [0.3, 0.4) is 0 Å². The Morgan fingerprint density at radius 3 is 2.46 bits per heavy atom. The van der Waals surface area contributed by atoms with Crippen LogP contribution in [-0.2, 0) is 4.79 Å². The molecule has 1 saturated carbocycles. The molecule has 1 aliphatic carbocycles. The third-order valence-corrected chi connectivity index (χ3v) is 4.21. The summed E-state index contributed by atoms with van der Waals surface area (Å²) >= 11 is 1.36. The van der Waals surface area contributed by atoms with Crippen LogP contribution >= 0.6 is 0 Å². The Morgan fingerprint density at radius 2 is 2.00 bits per heavy atom. The summed E-state index contributed by atoms with van der Waals surface area (Å²) < 4.78 is -0.0918.